The topological polar surface area (TPSA) is 79.4 Å². The van der Waals surface area contributed by atoms with Gasteiger partial charge in [-0.2, -0.15) is 0 Å². The molecule has 164 valence electrons. The summed E-state index contributed by atoms with van der Waals surface area (Å²) in [6.07, 6.45) is 1.71. The van der Waals surface area contributed by atoms with Crippen molar-refractivity contribution in [3.05, 3.63) is 60.0 Å². The molecular formula is C24H20N6O2S. The molecule has 0 N–H and O–H groups in total. The number of benzene rings is 2. The van der Waals surface area contributed by atoms with Crippen LogP contribution < -0.4 is 9.47 Å². The Hall–Kier alpha value is -3.98. The summed E-state index contributed by atoms with van der Waals surface area (Å²) < 4.78 is 15.8. The van der Waals surface area contributed by atoms with Gasteiger partial charge in [0.2, 0.25) is 0 Å². The van der Waals surface area contributed by atoms with Gasteiger partial charge in [-0.05, 0) is 49.7 Å². The van der Waals surface area contributed by atoms with Crippen LogP contribution in [-0.2, 0) is 0 Å². The third-order valence-corrected chi connectivity index (χ3v) is 6.97. The largest absolute Gasteiger partial charge is 0.493 e. The van der Waals surface area contributed by atoms with Crippen molar-refractivity contribution in [2.45, 2.75) is 13.8 Å². The SMILES string of the molecule is COc1ccc(-c2nc3c4c(C)c(C)n(-c5nc6ccccc6s5)c4ncn3n2)cc1OC. The van der Waals surface area contributed by atoms with Crippen molar-refractivity contribution >= 4 is 38.2 Å². The quantitative estimate of drug-likeness (QED) is 0.372. The highest BCUT2D eigenvalue weighted by atomic mass is 32.1. The van der Waals surface area contributed by atoms with Gasteiger partial charge in [-0.3, -0.25) is 4.57 Å². The number of aryl methyl sites for hydroxylation is 1. The number of fused-ring (bicyclic) bond motifs is 4. The Morgan fingerprint density at radius 3 is 2.52 bits per heavy atom. The second-order valence-corrected chi connectivity index (χ2v) is 8.74. The molecule has 0 aliphatic carbocycles. The number of hydrogen-bond acceptors (Lipinski definition) is 7. The highest BCUT2D eigenvalue weighted by Crippen LogP contribution is 2.35. The van der Waals surface area contributed by atoms with E-state index in [2.05, 4.69) is 29.6 Å². The number of nitrogens with zero attached hydrogens (tertiary/aromatic N) is 6. The van der Waals surface area contributed by atoms with Crippen LogP contribution in [-0.4, -0.2) is 43.4 Å². The number of aromatic nitrogens is 6. The van der Waals surface area contributed by atoms with Crippen LogP contribution in [0.15, 0.2) is 48.8 Å². The Morgan fingerprint density at radius 1 is 0.909 bits per heavy atom. The molecule has 0 radical (unpaired) electrons. The minimum Gasteiger partial charge on any atom is -0.493 e. The maximum Gasteiger partial charge on any atom is 0.196 e. The molecule has 8 nitrogen and oxygen atoms in total. The lowest BCUT2D eigenvalue weighted by atomic mass is 10.2. The first-order valence-electron chi connectivity index (χ1n) is 10.4. The number of hydrogen-bond donors (Lipinski definition) is 0. The molecule has 0 bridgehead atoms. The van der Waals surface area contributed by atoms with E-state index in [1.54, 1.807) is 36.4 Å². The van der Waals surface area contributed by atoms with Crippen molar-refractivity contribution in [1.29, 1.82) is 0 Å². The van der Waals surface area contributed by atoms with Crippen molar-refractivity contribution in [3.63, 3.8) is 0 Å². The highest BCUT2D eigenvalue weighted by molar-refractivity contribution is 7.20. The predicted molar refractivity (Wildman–Crippen MR) is 129 cm³/mol. The predicted octanol–water partition coefficient (Wildman–Crippen LogP) is 4.98. The fourth-order valence-corrected chi connectivity index (χ4v) is 5.17. The molecule has 0 spiro atoms. The molecule has 0 aliphatic rings. The Morgan fingerprint density at radius 2 is 1.73 bits per heavy atom. The lowest BCUT2D eigenvalue weighted by Crippen LogP contribution is -1.98. The van der Waals surface area contributed by atoms with E-state index in [1.165, 1.54) is 0 Å². The van der Waals surface area contributed by atoms with Gasteiger partial charge in [0.25, 0.3) is 0 Å². The molecule has 6 rings (SSSR count). The summed E-state index contributed by atoms with van der Waals surface area (Å²) in [6, 6.07) is 13.8. The van der Waals surface area contributed by atoms with E-state index >= 15 is 0 Å². The van der Waals surface area contributed by atoms with E-state index < -0.39 is 0 Å². The van der Waals surface area contributed by atoms with Gasteiger partial charge in [0.1, 0.15) is 6.33 Å². The fourth-order valence-electron chi connectivity index (χ4n) is 4.15. The average molecular weight is 457 g/mol. The van der Waals surface area contributed by atoms with Crippen LogP contribution in [0.3, 0.4) is 0 Å². The fraction of sp³-hybridized carbons (Fsp3) is 0.167. The van der Waals surface area contributed by atoms with Crippen LogP contribution in [0.5, 0.6) is 11.5 Å². The molecule has 0 saturated heterocycles. The Kier molecular flexibility index (Phi) is 4.34. The van der Waals surface area contributed by atoms with Gasteiger partial charge in [0.15, 0.2) is 33.7 Å². The molecule has 0 atom stereocenters. The second-order valence-electron chi connectivity index (χ2n) is 7.73. The number of methoxy groups -OCH3 is 2. The first-order valence-corrected chi connectivity index (χ1v) is 11.2. The summed E-state index contributed by atoms with van der Waals surface area (Å²) in [7, 11) is 3.23. The van der Waals surface area contributed by atoms with Gasteiger partial charge in [0, 0.05) is 11.3 Å². The Labute approximate surface area is 193 Å². The Balaban J connectivity index is 1.56. The summed E-state index contributed by atoms with van der Waals surface area (Å²) in [4.78, 5) is 14.5. The first-order chi connectivity index (χ1) is 16.1. The molecule has 0 fully saturated rings. The Bertz CT molecular complexity index is 1650. The standard InChI is InChI=1S/C24H20N6O2S/c1-13-14(2)30(24-26-16-7-5-6-8-19(16)33-24)22-20(13)23-27-21(28-29(23)12-25-22)15-9-10-17(31-3)18(11-15)32-4/h5-12H,1-4H3. The average Bonchev–Trinajstić information content (AvgIpc) is 3.52. The van der Waals surface area contributed by atoms with Crippen molar-refractivity contribution in [2.24, 2.45) is 0 Å². The van der Waals surface area contributed by atoms with E-state index in [9.17, 15) is 0 Å². The monoisotopic (exact) mass is 456 g/mol. The molecule has 0 unspecified atom stereocenters. The van der Waals surface area contributed by atoms with E-state index in [0.29, 0.717) is 17.3 Å². The number of para-hydroxylation sites is 1. The van der Waals surface area contributed by atoms with Gasteiger partial charge in [-0.15, -0.1) is 5.10 Å². The summed E-state index contributed by atoms with van der Waals surface area (Å²) in [5.74, 6) is 1.88. The number of thiazole rings is 1. The summed E-state index contributed by atoms with van der Waals surface area (Å²) in [6.45, 7) is 4.18. The van der Waals surface area contributed by atoms with Crippen molar-refractivity contribution < 1.29 is 9.47 Å². The lowest BCUT2D eigenvalue weighted by molar-refractivity contribution is 0.355. The molecule has 4 heterocycles. The van der Waals surface area contributed by atoms with Gasteiger partial charge in [0.05, 0.1) is 29.8 Å². The molecular weight excluding hydrogens is 436 g/mol. The van der Waals surface area contributed by atoms with Crippen LogP contribution in [0.4, 0.5) is 0 Å². The molecule has 0 amide bonds. The third-order valence-electron chi connectivity index (χ3n) is 5.95. The minimum absolute atomic E-state index is 0.593. The molecule has 0 saturated carbocycles. The van der Waals surface area contributed by atoms with E-state index in [4.69, 9.17) is 24.4 Å². The summed E-state index contributed by atoms with van der Waals surface area (Å²) >= 11 is 1.65. The van der Waals surface area contributed by atoms with Crippen LogP contribution in [0.1, 0.15) is 11.3 Å². The molecule has 6 aromatic rings. The second kappa shape index (κ2) is 7.28. The van der Waals surface area contributed by atoms with Gasteiger partial charge >= 0.3 is 0 Å². The maximum absolute atomic E-state index is 5.45. The zero-order chi connectivity index (χ0) is 22.7. The van der Waals surface area contributed by atoms with Crippen LogP contribution >= 0.6 is 11.3 Å². The third kappa shape index (κ3) is 2.89. The summed E-state index contributed by atoms with van der Waals surface area (Å²) in [5, 5.41) is 6.53. The van der Waals surface area contributed by atoms with E-state index in [1.807, 2.05) is 36.4 Å². The van der Waals surface area contributed by atoms with Crippen molar-refractivity contribution in [2.75, 3.05) is 14.2 Å². The van der Waals surface area contributed by atoms with E-state index in [-0.39, 0.29) is 0 Å². The lowest BCUT2D eigenvalue weighted by Gasteiger charge is -2.07. The molecule has 0 aliphatic heterocycles. The first kappa shape index (κ1) is 19.7. The zero-order valence-corrected chi connectivity index (χ0v) is 19.3. The van der Waals surface area contributed by atoms with Crippen molar-refractivity contribution in [1.82, 2.24) is 29.1 Å². The number of rotatable bonds is 4. The number of ether oxygens (including phenoxy) is 2. The smallest absolute Gasteiger partial charge is 0.196 e. The molecule has 2 aromatic carbocycles. The highest BCUT2D eigenvalue weighted by Gasteiger charge is 2.21. The van der Waals surface area contributed by atoms with Crippen molar-refractivity contribution in [3.8, 4) is 28.0 Å². The molecule has 4 aromatic heterocycles. The molecule has 9 heteroatoms. The normalized spacial score (nSPS) is 11.6. The van der Waals surface area contributed by atoms with Gasteiger partial charge < -0.3 is 9.47 Å². The van der Waals surface area contributed by atoms with Gasteiger partial charge in [-0.1, -0.05) is 23.5 Å². The minimum atomic E-state index is 0.593. The van der Waals surface area contributed by atoms with E-state index in [0.717, 1.165) is 48.8 Å². The van der Waals surface area contributed by atoms with Crippen LogP contribution in [0, 0.1) is 13.8 Å². The summed E-state index contributed by atoms with van der Waals surface area (Å²) in [5.41, 5.74) is 5.59. The zero-order valence-electron chi connectivity index (χ0n) is 18.5. The van der Waals surface area contributed by atoms with Crippen LogP contribution in [0.2, 0.25) is 0 Å². The maximum atomic E-state index is 5.45. The molecule has 33 heavy (non-hydrogen) atoms. The van der Waals surface area contributed by atoms with Gasteiger partial charge in [-0.25, -0.2) is 19.5 Å². The van der Waals surface area contributed by atoms with Crippen LogP contribution in [0.25, 0.3) is 43.4 Å².